The van der Waals surface area contributed by atoms with E-state index in [4.69, 9.17) is 9.15 Å². The molecule has 2 aromatic carbocycles. The van der Waals surface area contributed by atoms with Gasteiger partial charge in [0.05, 0.1) is 0 Å². The molecule has 0 aliphatic rings. The molecule has 1 aromatic heterocycles. The van der Waals surface area contributed by atoms with Crippen molar-refractivity contribution in [2.45, 2.75) is 13.2 Å². The zero-order valence-electron chi connectivity index (χ0n) is 13.8. The second-order valence-corrected chi connectivity index (χ2v) is 5.57. The van der Waals surface area contributed by atoms with Gasteiger partial charge in [-0.25, -0.2) is 9.78 Å². The Bertz CT molecular complexity index is 828. The Morgan fingerprint density at radius 1 is 1.16 bits per heavy atom. The Labute approximate surface area is 145 Å². The lowest BCUT2D eigenvalue weighted by Gasteiger charge is -2.16. The van der Waals surface area contributed by atoms with Gasteiger partial charge in [0.1, 0.15) is 11.4 Å². The van der Waals surface area contributed by atoms with Gasteiger partial charge in [-0.3, -0.25) is 0 Å². The molecule has 0 atom stereocenters. The number of benzene rings is 2. The molecule has 0 saturated carbocycles. The molecule has 1 N–H and O–H groups in total. The molecule has 0 fully saturated rings. The van der Waals surface area contributed by atoms with E-state index in [1.807, 2.05) is 30.3 Å². The maximum atomic E-state index is 12.1. The molecule has 128 valence electrons. The smallest absolute Gasteiger partial charge is 0.410 e. The number of carbonyl (C=O) groups excluding carboxylic acids is 1. The zero-order chi connectivity index (χ0) is 17.6. The predicted molar refractivity (Wildman–Crippen MR) is 91.7 cm³/mol. The molecule has 0 bridgehead atoms. The lowest BCUT2D eigenvalue weighted by atomic mass is 10.1. The Morgan fingerprint density at radius 3 is 2.60 bits per heavy atom. The van der Waals surface area contributed by atoms with E-state index in [9.17, 15) is 9.90 Å². The first-order valence-electron chi connectivity index (χ1n) is 7.77. The largest absolute Gasteiger partial charge is 0.508 e. The number of oxazole rings is 1. The van der Waals surface area contributed by atoms with E-state index in [0.29, 0.717) is 18.0 Å². The van der Waals surface area contributed by atoms with E-state index < -0.39 is 6.09 Å². The number of phenols is 1. The third-order valence-corrected chi connectivity index (χ3v) is 3.68. The first-order valence-corrected chi connectivity index (χ1v) is 7.77. The SMILES string of the molecule is CN(Cc1ccccc1)C(=O)OCc1ocnc1-c1ccc(O)cc1. The molecule has 6 heteroatoms. The summed E-state index contributed by atoms with van der Waals surface area (Å²) in [7, 11) is 1.68. The van der Waals surface area contributed by atoms with Gasteiger partial charge < -0.3 is 19.2 Å². The molecule has 25 heavy (non-hydrogen) atoms. The fourth-order valence-corrected chi connectivity index (χ4v) is 2.39. The van der Waals surface area contributed by atoms with Gasteiger partial charge in [0.25, 0.3) is 0 Å². The number of rotatable bonds is 5. The van der Waals surface area contributed by atoms with Crippen molar-refractivity contribution < 1.29 is 19.1 Å². The molecule has 0 aliphatic heterocycles. The number of amides is 1. The number of carbonyl (C=O) groups is 1. The number of hydrogen-bond donors (Lipinski definition) is 1. The fraction of sp³-hybridized carbons (Fsp3) is 0.158. The summed E-state index contributed by atoms with van der Waals surface area (Å²) >= 11 is 0. The average Bonchev–Trinajstić information content (AvgIpc) is 3.09. The van der Waals surface area contributed by atoms with Crippen molar-refractivity contribution >= 4 is 6.09 Å². The van der Waals surface area contributed by atoms with Crippen molar-refractivity contribution in [3.05, 3.63) is 72.3 Å². The highest BCUT2D eigenvalue weighted by molar-refractivity contribution is 5.68. The maximum Gasteiger partial charge on any atom is 0.410 e. The van der Waals surface area contributed by atoms with Crippen LogP contribution in [-0.2, 0) is 17.9 Å². The molecule has 0 unspecified atom stereocenters. The fourth-order valence-electron chi connectivity index (χ4n) is 2.39. The Hall–Kier alpha value is -3.28. The first kappa shape index (κ1) is 16.6. The van der Waals surface area contributed by atoms with E-state index in [2.05, 4.69) is 4.98 Å². The summed E-state index contributed by atoms with van der Waals surface area (Å²) in [5, 5.41) is 9.36. The molecule has 3 aromatic rings. The number of nitrogens with zero attached hydrogens (tertiary/aromatic N) is 2. The van der Waals surface area contributed by atoms with Gasteiger partial charge in [0.15, 0.2) is 18.8 Å². The Morgan fingerprint density at radius 2 is 1.88 bits per heavy atom. The highest BCUT2D eigenvalue weighted by Gasteiger charge is 2.15. The van der Waals surface area contributed by atoms with Gasteiger partial charge in [-0.2, -0.15) is 0 Å². The van der Waals surface area contributed by atoms with E-state index >= 15 is 0 Å². The Kier molecular flexibility index (Phi) is 4.99. The molecule has 0 spiro atoms. The second-order valence-electron chi connectivity index (χ2n) is 5.57. The Balaban J connectivity index is 1.61. The standard InChI is InChI=1S/C19H18N2O4/c1-21(11-14-5-3-2-4-6-14)19(23)24-12-17-18(20-13-25-17)15-7-9-16(22)10-8-15/h2-10,13,22H,11-12H2,1H3. The lowest BCUT2D eigenvalue weighted by Crippen LogP contribution is -2.26. The number of aromatic nitrogens is 1. The monoisotopic (exact) mass is 338 g/mol. The van der Waals surface area contributed by atoms with Crippen LogP contribution >= 0.6 is 0 Å². The summed E-state index contributed by atoms with van der Waals surface area (Å²) in [6, 6.07) is 16.2. The van der Waals surface area contributed by atoms with Crippen LogP contribution in [0, 0.1) is 0 Å². The average molecular weight is 338 g/mol. The minimum absolute atomic E-state index is 0.0197. The van der Waals surface area contributed by atoms with Crippen LogP contribution in [0.4, 0.5) is 4.79 Å². The summed E-state index contributed by atoms with van der Waals surface area (Å²) in [6.07, 6.45) is 0.857. The summed E-state index contributed by atoms with van der Waals surface area (Å²) in [6.45, 7) is 0.440. The van der Waals surface area contributed by atoms with E-state index in [0.717, 1.165) is 11.1 Å². The van der Waals surface area contributed by atoms with Gasteiger partial charge in [-0.05, 0) is 29.8 Å². The van der Waals surface area contributed by atoms with Crippen molar-refractivity contribution in [3.63, 3.8) is 0 Å². The van der Waals surface area contributed by atoms with E-state index in [1.165, 1.54) is 11.3 Å². The van der Waals surface area contributed by atoms with Gasteiger partial charge >= 0.3 is 6.09 Å². The van der Waals surface area contributed by atoms with Gasteiger partial charge in [-0.15, -0.1) is 0 Å². The van der Waals surface area contributed by atoms with Gasteiger partial charge in [0.2, 0.25) is 0 Å². The van der Waals surface area contributed by atoms with Crippen molar-refractivity contribution in [2.24, 2.45) is 0 Å². The third kappa shape index (κ3) is 4.17. The zero-order valence-corrected chi connectivity index (χ0v) is 13.8. The summed E-state index contributed by atoms with van der Waals surface area (Å²) in [4.78, 5) is 17.8. The normalized spacial score (nSPS) is 10.4. The molecule has 1 heterocycles. The lowest BCUT2D eigenvalue weighted by molar-refractivity contribution is 0.0962. The molecule has 0 saturated heterocycles. The number of hydrogen-bond acceptors (Lipinski definition) is 5. The van der Waals surface area contributed by atoms with Crippen molar-refractivity contribution in [2.75, 3.05) is 7.05 Å². The van der Waals surface area contributed by atoms with Crippen LogP contribution in [0.15, 0.2) is 65.4 Å². The van der Waals surface area contributed by atoms with Crippen LogP contribution in [0.5, 0.6) is 5.75 Å². The summed E-state index contributed by atoms with van der Waals surface area (Å²) in [5.41, 5.74) is 2.38. The maximum absolute atomic E-state index is 12.1. The molecule has 0 aliphatic carbocycles. The molecule has 6 nitrogen and oxygen atoms in total. The number of ether oxygens (including phenoxy) is 1. The van der Waals surface area contributed by atoms with E-state index in [1.54, 1.807) is 31.3 Å². The molecule has 1 amide bonds. The van der Waals surface area contributed by atoms with Crippen molar-refractivity contribution in [1.82, 2.24) is 9.88 Å². The third-order valence-electron chi connectivity index (χ3n) is 3.68. The molecule has 0 radical (unpaired) electrons. The summed E-state index contributed by atoms with van der Waals surface area (Å²) in [5.74, 6) is 0.620. The number of phenolic OH excluding ortho intramolecular Hbond substituents is 1. The van der Waals surface area contributed by atoms with Gasteiger partial charge in [-0.1, -0.05) is 30.3 Å². The number of aromatic hydroxyl groups is 1. The quantitative estimate of drug-likeness (QED) is 0.765. The van der Waals surface area contributed by atoms with Crippen LogP contribution in [0.25, 0.3) is 11.3 Å². The van der Waals surface area contributed by atoms with Crippen LogP contribution in [0.3, 0.4) is 0 Å². The first-order chi connectivity index (χ1) is 12.1. The second kappa shape index (κ2) is 7.53. The topological polar surface area (TPSA) is 75.8 Å². The van der Waals surface area contributed by atoms with Crippen molar-refractivity contribution in [1.29, 1.82) is 0 Å². The van der Waals surface area contributed by atoms with Crippen LogP contribution in [-0.4, -0.2) is 28.1 Å². The van der Waals surface area contributed by atoms with Gasteiger partial charge in [0, 0.05) is 19.2 Å². The highest BCUT2D eigenvalue weighted by Crippen LogP contribution is 2.24. The minimum atomic E-state index is -0.447. The molecular formula is C19H18N2O4. The molecule has 3 rings (SSSR count). The van der Waals surface area contributed by atoms with Crippen LogP contribution < -0.4 is 0 Å². The van der Waals surface area contributed by atoms with E-state index in [-0.39, 0.29) is 12.4 Å². The van der Waals surface area contributed by atoms with Crippen LogP contribution in [0.2, 0.25) is 0 Å². The summed E-state index contributed by atoms with van der Waals surface area (Å²) < 4.78 is 10.6. The molecular weight excluding hydrogens is 320 g/mol. The van der Waals surface area contributed by atoms with Crippen LogP contribution in [0.1, 0.15) is 11.3 Å². The van der Waals surface area contributed by atoms with Crippen molar-refractivity contribution in [3.8, 4) is 17.0 Å². The highest BCUT2D eigenvalue weighted by atomic mass is 16.6. The predicted octanol–water partition coefficient (Wildman–Crippen LogP) is 3.82. The minimum Gasteiger partial charge on any atom is -0.508 e.